The molecule has 3 nitrogen and oxygen atoms in total. The summed E-state index contributed by atoms with van der Waals surface area (Å²) in [4.78, 5) is 0. The van der Waals surface area contributed by atoms with Crippen LogP contribution in [0.3, 0.4) is 0 Å². The maximum absolute atomic E-state index is 13.8. The largest absolute Gasteiger partial charge is 0.489 e. The number of nitrogens with zero attached hydrogens (tertiary/aromatic N) is 1. The third kappa shape index (κ3) is 5.69. The van der Waals surface area contributed by atoms with Gasteiger partial charge >= 0.3 is 6.18 Å². The number of alkyl halides is 3. The lowest BCUT2D eigenvalue weighted by molar-refractivity contribution is -0.143. The second-order valence-corrected chi connectivity index (χ2v) is 7.31. The number of anilines is 1. The summed E-state index contributed by atoms with van der Waals surface area (Å²) in [6.07, 6.45) is -4.60. The van der Waals surface area contributed by atoms with Crippen LogP contribution in [0.25, 0.3) is 0 Å². The SMILES string of the molecule is Fc1c(F)c(C(F)(F)F)c(F)c(F)c1N/N=C/c1ccc(OCc2ccc(Cl)cc2Cl)cc1. The molecule has 0 aromatic heterocycles. The Morgan fingerprint density at radius 3 is 2.03 bits per heavy atom. The molecule has 3 aromatic rings. The summed E-state index contributed by atoms with van der Waals surface area (Å²) in [6.45, 7) is 0.147. The number of halogens is 9. The van der Waals surface area contributed by atoms with E-state index in [4.69, 9.17) is 27.9 Å². The van der Waals surface area contributed by atoms with Gasteiger partial charge in [0, 0.05) is 15.6 Å². The summed E-state index contributed by atoms with van der Waals surface area (Å²) in [6, 6.07) is 11.0. The van der Waals surface area contributed by atoms with Crippen LogP contribution in [0.5, 0.6) is 5.75 Å². The van der Waals surface area contributed by atoms with Gasteiger partial charge < -0.3 is 4.74 Å². The molecule has 174 valence electrons. The first-order valence-electron chi connectivity index (χ1n) is 8.88. The first-order chi connectivity index (χ1) is 15.5. The van der Waals surface area contributed by atoms with Crippen molar-refractivity contribution in [2.24, 2.45) is 5.10 Å². The quantitative estimate of drug-likeness (QED) is 0.160. The first kappa shape index (κ1) is 24.7. The highest BCUT2D eigenvalue weighted by Gasteiger charge is 2.42. The lowest BCUT2D eigenvalue weighted by Gasteiger charge is -2.13. The molecule has 0 bridgehead atoms. The van der Waals surface area contributed by atoms with Crippen LogP contribution < -0.4 is 10.2 Å². The maximum atomic E-state index is 13.8. The highest BCUT2D eigenvalue weighted by molar-refractivity contribution is 6.35. The zero-order valence-corrected chi connectivity index (χ0v) is 17.6. The van der Waals surface area contributed by atoms with E-state index in [1.165, 1.54) is 24.3 Å². The second kappa shape index (κ2) is 9.88. The molecule has 0 atom stereocenters. The van der Waals surface area contributed by atoms with E-state index in [1.54, 1.807) is 23.6 Å². The molecule has 0 saturated heterocycles. The third-order valence-corrected chi connectivity index (χ3v) is 4.81. The van der Waals surface area contributed by atoms with Crippen LogP contribution in [0.4, 0.5) is 36.4 Å². The molecular formula is C21H11Cl2F7N2O. The number of hydrogen-bond donors (Lipinski definition) is 1. The van der Waals surface area contributed by atoms with Crippen molar-refractivity contribution in [3.63, 3.8) is 0 Å². The molecule has 0 spiro atoms. The molecule has 1 N–H and O–H groups in total. The summed E-state index contributed by atoms with van der Waals surface area (Å²) in [7, 11) is 0. The molecule has 3 rings (SSSR count). The minimum Gasteiger partial charge on any atom is -0.489 e. The van der Waals surface area contributed by atoms with Gasteiger partial charge in [-0.25, -0.2) is 17.6 Å². The van der Waals surface area contributed by atoms with Crippen molar-refractivity contribution < 1.29 is 35.5 Å². The van der Waals surface area contributed by atoms with Gasteiger partial charge in [0.1, 0.15) is 23.6 Å². The van der Waals surface area contributed by atoms with Crippen molar-refractivity contribution in [1.82, 2.24) is 0 Å². The van der Waals surface area contributed by atoms with Crippen LogP contribution in [0.1, 0.15) is 16.7 Å². The first-order valence-corrected chi connectivity index (χ1v) is 9.63. The third-order valence-electron chi connectivity index (χ3n) is 4.23. The fraction of sp³-hybridized carbons (Fsp3) is 0.0952. The van der Waals surface area contributed by atoms with E-state index in [0.29, 0.717) is 26.9 Å². The molecule has 0 saturated carbocycles. The summed E-state index contributed by atoms with van der Waals surface area (Å²) in [5, 5.41) is 4.31. The van der Waals surface area contributed by atoms with E-state index < -0.39 is 40.7 Å². The molecule has 12 heteroatoms. The van der Waals surface area contributed by atoms with Crippen LogP contribution in [-0.2, 0) is 12.8 Å². The van der Waals surface area contributed by atoms with E-state index in [0.717, 1.165) is 6.21 Å². The zero-order chi connectivity index (χ0) is 24.3. The summed E-state index contributed by atoms with van der Waals surface area (Å²) in [5.74, 6) is -9.25. The molecule has 0 radical (unpaired) electrons. The number of hydrogen-bond acceptors (Lipinski definition) is 3. The molecule has 0 aliphatic rings. The fourth-order valence-electron chi connectivity index (χ4n) is 2.60. The summed E-state index contributed by atoms with van der Waals surface area (Å²) < 4.78 is 98.3. The van der Waals surface area contributed by atoms with Gasteiger partial charge in [0.15, 0.2) is 23.3 Å². The normalized spacial score (nSPS) is 11.8. The predicted octanol–water partition coefficient (Wildman–Crippen LogP) is 7.59. The number of rotatable bonds is 6. The molecule has 0 unspecified atom stereocenters. The molecule has 0 aliphatic carbocycles. The van der Waals surface area contributed by atoms with Gasteiger partial charge in [0.2, 0.25) is 0 Å². The number of benzene rings is 3. The Kier molecular flexibility index (Phi) is 7.38. The van der Waals surface area contributed by atoms with Gasteiger partial charge in [-0.05, 0) is 42.0 Å². The Morgan fingerprint density at radius 2 is 1.48 bits per heavy atom. The minimum atomic E-state index is -5.62. The predicted molar refractivity (Wildman–Crippen MR) is 110 cm³/mol. The van der Waals surface area contributed by atoms with Gasteiger partial charge in [-0.1, -0.05) is 29.3 Å². The van der Waals surface area contributed by atoms with Gasteiger partial charge in [-0.3, -0.25) is 5.43 Å². The monoisotopic (exact) mass is 510 g/mol. The molecule has 0 fully saturated rings. The van der Waals surface area contributed by atoms with Gasteiger partial charge in [-0.15, -0.1) is 0 Å². The summed E-state index contributed by atoms with van der Waals surface area (Å²) in [5.41, 5.74) is -1.43. The number of nitrogens with one attached hydrogen (secondary N) is 1. The van der Waals surface area contributed by atoms with Gasteiger partial charge in [0.25, 0.3) is 0 Å². The van der Waals surface area contributed by atoms with Crippen molar-refractivity contribution in [3.8, 4) is 5.75 Å². The van der Waals surface area contributed by atoms with Crippen LogP contribution in [-0.4, -0.2) is 6.21 Å². The van der Waals surface area contributed by atoms with Crippen molar-refractivity contribution in [3.05, 3.63) is 92.5 Å². The van der Waals surface area contributed by atoms with Gasteiger partial charge in [-0.2, -0.15) is 18.3 Å². The Hall–Kier alpha value is -2.98. The van der Waals surface area contributed by atoms with E-state index in [9.17, 15) is 30.7 Å². The van der Waals surface area contributed by atoms with Crippen molar-refractivity contribution in [2.45, 2.75) is 12.8 Å². The van der Waals surface area contributed by atoms with Crippen LogP contribution in [0, 0.1) is 23.3 Å². The number of hydrazone groups is 1. The topological polar surface area (TPSA) is 33.6 Å². The zero-order valence-electron chi connectivity index (χ0n) is 16.1. The van der Waals surface area contributed by atoms with Crippen LogP contribution in [0.2, 0.25) is 10.0 Å². The molecule has 3 aromatic carbocycles. The molecular weight excluding hydrogens is 500 g/mol. The van der Waals surface area contributed by atoms with Crippen molar-refractivity contribution in [1.29, 1.82) is 0 Å². The molecule has 0 amide bonds. The lowest BCUT2D eigenvalue weighted by Crippen LogP contribution is -2.16. The highest BCUT2D eigenvalue weighted by atomic mass is 35.5. The van der Waals surface area contributed by atoms with E-state index in [1.807, 2.05) is 0 Å². The van der Waals surface area contributed by atoms with Crippen molar-refractivity contribution in [2.75, 3.05) is 5.43 Å². The van der Waals surface area contributed by atoms with Crippen LogP contribution >= 0.6 is 23.2 Å². The number of ether oxygens (including phenoxy) is 1. The maximum Gasteiger partial charge on any atom is 0.422 e. The summed E-state index contributed by atoms with van der Waals surface area (Å²) >= 11 is 11.9. The lowest BCUT2D eigenvalue weighted by atomic mass is 10.1. The Morgan fingerprint density at radius 1 is 0.879 bits per heavy atom. The molecule has 0 heterocycles. The van der Waals surface area contributed by atoms with E-state index in [-0.39, 0.29) is 6.61 Å². The smallest absolute Gasteiger partial charge is 0.422 e. The standard InChI is InChI=1S/C21H11Cl2F7N2O/c22-12-4-3-11(14(23)7-12)9-33-13-5-1-10(2-6-13)8-31-32-20-18(26)16(24)15(21(28,29)30)17(25)19(20)27/h1-8,32H,9H2/b31-8+. The average molecular weight is 511 g/mol. The average Bonchev–Trinajstić information content (AvgIpc) is 2.74. The van der Waals surface area contributed by atoms with Crippen molar-refractivity contribution >= 4 is 35.1 Å². The second-order valence-electron chi connectivity index (χ2n) is 6.47. The molecule has 33 heavy (non-hydrogen) atoms. The van der Waals surface area contributed by atoms with E-state index in [2.05, 4.69) is 5.10 Å². The minimum absolute atomic E-state index is 0.147. The molecule has 0 aliphatic heterocycles. The fourth-order valence-corrected chi connectivity index (χ4v) is 3.06. The van der Waals surface area contributed by atoms with Gasteiger partial charge in [0.05, 0.1) is 6.21 Å². The highest BCUT2D eigenvalue weighted by Crippen LogP contribution is 2.38. The van der Waals surface area contributed by atoms with E-state index >= 15 is 0 Å². The Labute approximate surface area is 192 Å². The van der Waals surface area contributed by atoms with Crippen LogP contribution in [0.15, 0.2) is 47.6 Å². The Balaban J connectivity index is 1.69. The Bertz CT molecular complexity index is 1170.